The van der Waals surface area contributed by atoms with E-state index >= 15 is 0 Å². The number of amides is 2. The molecule has 0 saturated carbocycles. The molecule has 20 heavy (non-hydrogen) atoms. The lowest BCUT2D eigenvalue weighted by atomic mass is 9.79. The summed E-state index contributed by atoms with van der Waals surface area (Å²) in [5.41, 5.74) is -1.16. The highest BCUT2D eigenvalue weighted by Crippen LogP contribution is 2.36. The second-order valence-corrected chi connectivity index (χ2v) is 6.75. The van der Waals surface area contributed by atoms with E-state index in [1.54, 1.807) is 0 Å². The zero-order chi connectivity index (χ0) is 15.6. The number of hydrogen-bond acceptors (Lipinski definition) is 4. The predicted molar refractivity (Wildman–Crippen MR) is 75.5 cm³/mol. The van der Waals surface area contributed by atoms with E-state index in [0.29, 0.717) is 12.8 Å². The van der Waals surface area contributed by atoms with Crippen LogP contribution >= 0.6 is 11.6 Å². The van der Waals surface area contributed by atoms with Gasteiger partial charge in [-0.15, -0.1) is 26.8 Å². The summed E-state index contributed by atoms with van der Waals surface area (Å²) in [6.45, 7) is 7.43. The fourth-order valence-electron chi connectivity index (χ4n) is 2.87. The molecule has 1 radical (unpaired) electrons. The monoisotopic (exact) mass is 305 g/mol. The first-order valence-electron chi connectivity index (χ1n) is 6.59. The molecule has 7 nitrogen and oxygen atoms in total. The average molecular weight is 306 g/mol. The van der Waals surface area contributed by atoms with Crippen molar-refractivity contribution in [1.82, 2.24) is 15.4 Å². The van der Waals surface area contributed by atoms with E-state index in [1.807, 2.05) is 27.7 Å². The lowest BCUT2D eigenvalue weighted by Crippen LogP contribution is -2.63. The molecule has 8 heteroatoms. The van der Waals surface area contributed by atoms with Gasteiger partial charge in [-0.05, 0) is 40.5 Å². The van der Waals surface area contributed by atoms with Crippen LogP contribution in [-0.2, 0) is 5.21 Å². The van der Waals surface area contributed by atoms with Crippen LogP contribution in [0.25, 0.3) is 0 Å². The Balaban J connectivity index is 2.73. The molecule has 1 aliphatic heterocycles. The molecule has 0 bridgehead atoms. The van der Waals surface area contributed by atoms with Crippen molar-refractivity contribution in [2.45, 2.75) is 57.7 Å². The maximum Gasteiger partial charge on any atom is 0.340 e. The zero-order valence-electron chi connectivity index (χ0n) is 12.4. The second-order valence-electron chi connectivity index (χ2n) is 6.37. The lowest BCUT2D eigenvalue weighted by molar-refractivity contribution is -0.289. The molecule has 0 unspecified atom stereocenters. The summed E-state index contributed by atoms with van der Waals surface area (Å²) in [5, 5.41) is 19.4. The minimum absolute atomic E-state index is 0.0596. The fraction of sp³-hybridized carbons (Fsp3) is 0.917. The van der Waals surface area contributed by atoms with Gasteiger partial charge in [0.1, 0.15) is 0 Å². The number of halogens is 1. The molecule has 1 rings (SSSR count). The maximum atomic E-state index is 12.2. The molecule has 115 valence electrons. The maximum absolute atomic E-state index is 12.2. The molecule has 1 N–H and O–H groups in total. The molecule has 0 atom stereocenters. The molecule has 1 aliphatic rings. The first kappa shape index (κ1) is 17.1. The van der Waals surface area contributed by atoms with E-state index in [1.165, 1.54) is 0 Å². The Kier molecular flexibility index (Phi) is 5.34. The standard InChI is InChI=1S/C12H22ClN4O3/c1-11(2)7-9(8-12(3,4)17(11)20)14-10(18)16(15-19)6-5-13/h9H,5-8H2,1-4H3,(H,14,18). The van der Waals surface area contributed by atoms with Gasteiger partial charge in [-0.25, -0.2) is 4.79 Å². The highest BCUT2D eigenvalue weighted by Gasteiger charge is 2.46. The van der Waals surface area contributed by atoms with Crippen LogP contribution in [0.5, 0.6) is 0 Å². The van der Waals surface area contributed by atoms with Crippen molar-refractivity contribution in [2.24, 2.45) is 5.29 Å². The van der Waals surface area contributed by atoms with Gasteiger partial charge in [-0.3, -0.25) is 0 Å². The van der Waals surface area contributed by atoms with E-state index in [0.717, 1.165) is 10.1 Å². The van der Waals surface area contributed by atoms with Gasteiger partial charge in [0.15, 0.2) is 0 Å². The van der Waals surface area contributed by atoms with Gasteiger partial charge in [-0.2, -0.15) is 5.01 Å². The molecule has 0 aromatic carbocycles. The summed E-state index contributed by atoms with van der Waals surface area (Å²) in [4.78, 5) is 22.5. The van der Waals surface area contributed by atoms with Crippen LogP contribution in [0.4, 0.5) is 4.79 Å². The average Bonchev–Trinajstić information content (AvgIpc) is 2.32. The van der Waals surface area contributed by atoms with Crippen molar-refractivity contribution in [3.63, 3.8) is 0 Å². The molecular formula is C12H22ClN4O3. The van der Waals surface area contributed by atoms with Gasteiger partial charge in [-0.1, -0.05) is 0 Å². The molecule has 1 heterocycles. The molecule has 0 spiro atoms. The fourth-order valence-corrected chi connectivity index (χ4v) is 3.03. The van der Waals surface area contributed by atoms with Crippen LogP contribution in [0.1, 0.15) is 40.5 Å². The predicted octanol–water partition coefficient (Wildman–Crippen LogP) is 2.29. The van der Waals surface area contributed by atoms with Crippen LogP contribution in [0.2, 0.25) is 0 Å². The van der Waals surface area contributed by atoms with Crippen molar-refractivity contribution >= 4 is 17.6 Å². The quantitative estimate of drug-likeness (QED) is 0.491. The van der Waals surface area contributed by atoms with Crippen molar-refractivity contribution in [3.05, 3.63) is 4.91 Å². The molecule has 1 saturated heterocycles. The third-order valence-corrected chi connectivity index (χ3v) is 3.72. The van der Waals surface area contributed by atoms with Gasteiger partial charge in [0.2, 0.25) is 0 Å². The zero-order valence-corrected chi connectivity index (χ0v) is 13.1. The van der Waals surface area contributed by atoms with E-state index in [9.17, 15) is 14.9 Å². The van der Waals surface area contributed by atoms with Crippen molar-refractivity contribution in [2.75, 3.05) is 12.4 Å². The normalized spacial score (nSPS) is 22.3. The Morgan fingerprint density at radius 3 is 2.25 bits per heavy atom. The molecule has 0 aromatic rings. The number of urea groups is 1. The number of nitroso groups, excluding NO2 is 1. The smallest absolute Gasteiger partial charge is 0.334 e. The summed E-state index contributed by atoms with van der Waals surface area (Å²) in [6, 6.07) is -0.756. The number of nitrogens with zero attached hydrogens (tertiary/aromatic N) is 3. The molecule has 0 aliphatic carbocycles. The lowest BCUT2D eigenvalue weighted by Gasteiger charge is -2.50. The molecule has 1 fully saturated rings. The summed E-state index contributed by atoms with van der Waals surface area (Å²) < 4.78 is 0. The Morgan fingerprint density at radius 1 is 1.35 bits per heavy atom. The molecule has 0 aromatic heterocycles. The molecular weight excluding hydrogens is 284 g/mol. The topological polar surface area (TPSA) is 84.9 Å². The summed E-state index contributed by atoms with van der Waals surface area (Å²) in [5.74, 6) is 0.134. The first-order valence-corrected chi connectivity index (χ1v) is 7.12. The number of nitrogens with one attached hydrogen (secondary N) is 1. The SMILES string of the molecule is CC1(C)CC(NC(=O)N(CCCl)N=O)CC(C)(C)N1[O]. The van der Waals surface area contributed by atoms with E-state index in [4.69, 9.17) is 11.6 Å². The second kappa shape index (κ2) is 6.24. The van der Waals surface area contributed by atoms with Crippen LogP contribution in [-0.4, -0.2) is 45.6 Å². The van der Waals surface area contributed by atoms with Crippen molar-refractivity contribution < 1.29 is 10.0 Å². The van der Waals surface area contributed by atoms with Gasteiger partial charge in [0.05, 0.1) is 11.8 Å². The number of carbonyl (C=O) groups is 1. The third kappa shape index (κ3) is 3.80. The largest absolute Gasteiger partial charge is 0.340 e. The van der Waals surface area contributed by atoms with Crippen molar-refractivity contribution in [3.8, 4) is 0 Å². The number of hydrogen-bond donors (Lipinski definition) is 1. The van der Waals surface area contributed by atoms with Gasteiger partial charge in [0.25, 0.3) is 0 Å². The van der Waals surface area contributed by atoms with Gasteiger partial charge >= 0.3 is 6.03 Å². The Hall–Kier alpha value is -0.920. The minimum Gasteiger partial charge on any atom is -0.334 e. The van der Waals surface area contributed by atoms with Gasteiger partial charge in [0, 0.05) is 23.0 Å². The van der Waals surface area contributed by atoms with Crippen LogP contribution in [0.3, 0.4) is 0 Å². The van der Waals surface area contributed by atoms with Crippen LogP contribution < -0.4 is 5.32 Å². The number of piperidine rings is 1. The minimum atomic E-state index is -0.578. The third-order valence-electron chi connectivity index (χ3n) is 3.55. The summed E-state index contributed by atoms with van der Waals surface area (Å²) in [7, 11) is 0. The van der Waals surface area contributed by atoms with Crippen LogP contribution in [0, 0.1) is 4.91 Å². The van der Waals surface area contributed by atoms with Crippen molar-refractivity contribution in [1.29, 1.82) is 0 Å². The van der Waals surface area contributed by atoms with E-state index in [2.05, 4.69) is 10.6 Å². The first-order chi connectivity index (χ1) is 9.14. The molecule has 2 amide bonds. The Morgan fingerprint density at radius 2 is 1.85 bits per heavy atom. The van der Waals surface area contributed by atoms with E-state index in [-0.39, 0.29) is 18.5 Å². The highest BCUT2D eigenvalue weighted by molar-refractivity contribution is 6.18. The Labute approximate surface area is 124 Å². The van der Waals surface area contributed by atoms with Gasteiger partial charge < -0.3 is 5.32 Å². The Bertz CT molecular complexity index is 358. The highest BCUT2D eigenvalue weighted by atomic mass is 35.5. The number of rotatable bonds is 4. The number of carbonyl (C=O) groups excluding carboxylic acids is 1. The summed E-state index contributed by atoms with van der Waals surface area (Å²) in [6.07, 6.45) is 1.03. The number of alkyl halides is 1. The van der Waals surface area contributed by atoms with Crippen LogP contribution in [0.15, 0.2) is 5.29 Å². The summed E-state index contributed by atoms with van der Waals surface area (Å²) >= 11 is 5.50. The number of hydroxylamine groups is 2. The van der Waals surface area contributed by atoms with E-state index < -0.39 is 17.1 Å².